The van der Waals surface area contributed by atoms with Crippen molar-refractivity contribution in [1.29, 1.82) is 0 Å². The fourth-order valence-corrected chi connectivity index (χ4v) is 2.64. The first-order chi connectivity index (χ1) is 12.1. The number of para-hydroxylation sites is 1. The molecule has 0 unspecified atom stereocenters. The van der Waals surface area contributed by atoms with Crippen molar-refractivity contribution in [1.82, 2.24) is 4.90 Å². The summed E-state index contributed by atoms with van der Waals surface area (Å²) >= 11 is 0. The summed E-state index contributed by atoms with van der Waals surface area (Å²) in [6.07, 6.45) is 2.26. The number of carbonyl (C=O) groups excluding carboxylic acids is 1. The molecule has 0 N–H and O–H groups in total. The third kappa shape index (κ3) is 4.15. The Kier molecular flexibility index (Phi) is 4.97. The SMILES string of the molecule is CCN(CC1CC1)C(=O)c1cc([N+](=O)[O-])ccc1Oc1ccccc1. The van der Waals surface area contributed by atoms with Crippen LogP contribution in [0, 0.1) is 16.0 Å². The third-order valence-electron chi connectivity index (χ3n) is 4.22. The predicted molar refractivity (Wildman–Crippen MR) is 93.9 cm³/mol. The normalized spacial score (nSPS) is 13.3. The van der Waals surface area contributed by atoms with Crippen molar-refractivity contribution >= 4 is 11.6 Å². The van der Waals surface area contributed by atoms with Crippen LogP contribution in [0.25, 0.3) is 0 Å². The van der Waals surface area contributed by atoms with Crippen molar-refractivity contribution in [2.24, 2.45) is 5.92 Å². The van der Waals surface area contributed by atoms with Gasteiger partial charge in [-0.15, -0.1) is 0 Å². The predicted octanol–water partition coefficient (Wildman–Crippen LogP) is 4.26. The minimum Gasteiger partial charge on any atom is -0.457 e. The van der Waals surface area contributed by atoms with E-state index in [1.165, 1.54) is 18.2 Å². The Morgan fingerprint density at radius 2 is 1.96 bits per heavy atom. The smallest absolute Gasteiger partial charge is 0.270 e. The molecule has 0 aromatic heterocycles. The summed E-state index contributed by atoms with van der Waals surface area (Å²) in [5, 5.41) is 11.1. The van der Waals surface area contributed by atoms with E-state index in [-0.39, 0.29) is 17.2 Å². The molecule has 25 heavy (non-hydrogen) atoms. The highest BCUT2D eigenvalue weighted by Crippen LogP contribution is 2.33. The van der Waals surface area contributed by atoms with Crippen LogP contribution in [0.5, 0.6) is 11.5 Å². The lowest BCUT2D eigenvalue weighted by atomic mass is 10.1. The molecule has 6 nitrogen and oxygen atoms in total. The fraction of sp³-hybridized carbons (Fsp3) is 0.316. The zero-order valence-corrected chi connectivity index (χ0v) is 14.1. The maximum Gasteiger partial charge on any atom is 0.270 e. The van der Waals surface area contributed by atoms with E-state index in [0.29, 0.717) is 30.5 Å². The van der Waals surface area contributed by atoms with Gasteiger partial charge in [-0.25, -0.2) is 0 Å². The van der Waals surface area contributed by atoms with Gasteiger partial charge in [0.1, 0.15) is 11.5 Å². The quantitative estimate of drug-likeness (QED) is 0.557. The summed E-state index contributed by atoms with van der Waals surface area (Å²) in [7, 11) is 0. The van der Waals surface area contributed by atoms with E-state index < -0.39 is 4.92 Å². The lowest BCUT2D eigenvalue weighted by molar-refractivity contribution is -0.384. The zero-order chi connectivity index (χ0) is 17.8. The average molecular weight is 340 g/mol. The molecular weight excluding hydrogens is 320 g/mol. The number of carbonyl (C=O) groups is 1. The summed E-state index contributed by atoms with van der Waals surface area (Å²) in [4.78, 5) is 25.3. The minimum absolute atomic E-state index is 0.119. The number of hydrogen-bond donors (Lipinski definition) is 0. The molecule has 0 aliphatic heterocycles. The second-order valence-corrected chi connectivity index (χ2v) is 6.14. The van der Waals surface area contributed by atoms with Gasteiger partial charge in [-0.05, 0) is 43.9 Å². The van der Waals surface area contributed by atoms with Crippen molar-refractivity contribution in [2.45, 2.75) is 19.8 Å². The van der Waals surface area contributed by atoms with Gasteiger partial charge in [-0.2, -0.15) is 0 Å². The lowest BCUT2D eigenvalue weighted by Crippen LogP contribution is -2.33. The van der Waals surface area contributed by atoms with Gasteiger partial charge in [0.25, 0.3) is 11.6 Å². The first-order valence-corrected chi connectivity index (χ1v) is 8.39. The molecule has 0 radical (unpaired) electrons. The lowest BCUT2D eigenvalue weighted by Gasteiger charge is -2.22. The molecular formula is C19H20N2O4. The van der Waals surface area contributed by atoms with Crippen LogP contribution in [0.3, 0.4) is 0 Å². The van der Waals surface area contributed by atoms with Crippen LogP contribution in [-0.2, 0) is 0 Å². The molecule has 3 rings (SSSR count). The van der Waals surface area contributed by atoms with Crippen LogP contribution in [0.4, 0.5) is 5.69 Å². The summed E-state index contributed by atoms with van der Waals surface area (Å²) in [6.45, 7) is 3.15. The van der Waals surface area contributed by atoms with E-state index in [2.05, 4.69) is 0 Å². The fourth-order valence-electron chi connectivity index (χ4n) is 2.64. The van der Waals surface area contributed by atoms with E-state index in [0.717, 1.165) is 12.8 Å². The molecule has 1 fully saturated rings. The molecule has 6 heteroatoms. The molecule has 1 aliphatic carbocycles. The molecule has 0 heterocycles. The molecule has 130 valence electrons. The monoisotopic (exact) mass is 340 g/mol. The van der Waals surface area contributed by atoms with Crippen LogP contribution in [0.1, 0.15) is 30.1 Å². The number of ether oxygens (including phenoxy) is 1. The van der Waals surface area contributed by atoms with E-state index in [9.17, 15) is 14.9 Å². The summed E-state index contributed by atoms with van der Waals surface area (Å²) in [6, 6.07) is 13.2. The number of amides is 1. The number of non-ortho nitro benzene ring substituents is 1. The van der Waals surface area contributed by atoms with E-state index in [1.807, 2.05) is 25.1 Å². The maximum atomic E-state index is 12.9. The summed E-state index contributed by atoms with van der Waals surface area (Å²) in [5.74, 6) is 1.22. The van der Waals surface area contributed by atoms with Crippen molar-refractivity contribution in [3.8, 4) is 11.5 Å². The minimum atomic E-state index is -0.500. The van der Waals surface area contributed by atoms with Crippen LogP contribution in [-0.4, -0.2) is 28.8 Å². The Balaban J connectivity index is 1.93. The second-order valence-electron chi connectivity index (χ2n) is 6.14. The Morgan fingerprint density at radius 1 is 1.24 bits per heavy atom. The number of hydrogen-bond acceptors (Lipinski definition) is 4. The van der Waals surface area contributed by atoms with Crippen LogP contribution < -0.4 is 4.74 Å². The number of nitro benzene ring substituents is 1. The van der Waals surface area contributed by atoms with E-state index in [4.69, 9.17) is 4.74 Å². The highest BCUT2D eigenvalue weighted by molar-refractivity contribution is 5.97. The van der Waals surface area contributed by atoms with Gasteiger partial charge in [0.05, 0.1) is 10.5 Å². The van der Waals surface area contributed by atoms with Crippen molar-refractivity contribution < 1.29 is 14.5 Å². The van der Waals surface area contributed by atoms with Gasteiger partial charge >= 0.3 is 0 Å². The Labute approximate surface area is 146 Å². The third-order valence-corrected chi connectivity index (χ3v) is 4.22. The summed E-state index contributed by atoms with van der Waals surface area (Å²) < 4.78 is 5.81. The first kappa shape index (κ1) is 17.0. The Hall–Kier alpha value is -2.89. The average Bonchev–Trinajstić information content (AvgIpc) is 3.44. The van der Waals surface area contributed by atoms with Gasteiger partial charge in [0.15, 0.2) is 0 Å². The largest absolute Gasteiger partial charge is 0.457 e. The van der Waals surface area contributed by atoms with Gasteiger partial charge < -0.3 is 9.64 Å². The van der Waals surface area contributed by atoms with Gasteiger partial charge in [0, 0.05) is 25.2 Å². The highest BCUT2D eigenvalue weighted by Gasteiger charge is 2.28. The van der Waals surface area contributed by atoms with Gasteiger partial charge in [0.2, 0.25) is 0 Å². The molecule has 0 bridgehead atoms. The number of benzene rings is 2. The number of rotatable bonds is 7. The standard InChI is InChI=1S/C19H20N2O4/c1-2-20(13-14-8-9-14)19(22)17-12-15(21(23)24)10-11-18(17)25-16-6-4-3-5-7-16/h3-7,10-12,14H,2,8-9,13H2,1H3. The van der Waals surface area contributed by atoms with E-state index >= 15 is 0 Å². The van der Waals surface area contributed by atoms with Crippen LogP contribution in [0.2, 0.25) is 0 Å². The van der Waals surface area contributed by atoms with Crippen molar-refractivity contribution in [3.63, 3.8) is 0 Å². The molecule has 2 aromatic rings. The number of nitro groups is 1. The molecule has 1 amide bonds. The van der Waals surface area contributed by atoms with Gasteiger partial charge in [-0.3, -0.25) is 14.9 Å². The molecule has 1 aliphatic rings. The van der Waals surface area contributed by atoms with Gasteiger partial charge in [-0.1, -0.05) is 18.2 Å². The second kappa shape index (κ2) is 7.34. The number of nitrogens with zero attached hydrogens (tertiary/aromatic N) is 2. The molecule has 0 saturated heterocycles. The van der Waals surface area contributed by atoms with Crippen molar-refractivity contribution in [3.05, 3.63) is 64.2 Å². The first-order valence-electron chi connectivity index (χ1n) is 8.39. The van der Waals surface area contributed by atoms with Crippen molar-refractivity contribution in [2.75, 3.05) is 13.1 Å². The topological polar surface area (TPSA) is 72.7 Å². The van der Waals surface area contributed by atoms with Crippen LogP contribution in [0.15, 0.2) is 48.5 Å². The van der Waals surface area contributed by atoms with E-state index in [1.54, 1.807) is 17.0 Å². The Bertz CT molecular complexity index is 772. The molecule has 1 saturated carbocycles. The van der Waals surface area contributed by atoms with Crippen LogP contribution >= 0.6 is 0 Å². The Morgan fingerprint density at radius 3 is 2.56 bits per heavy atom. The molecule has 2 aromatic carbocycles. The summed E-state index contributed by atoms with van der Waals surface area (Å²) in [5.41, 5.74) is 0.104. The molecule has 0 atom stereocenters. The molecule has 0 spiro atoms. The maximum absolute atomic E-state index is 12.9. The highest BCUT2D eigenvalue weighted by atomic mass is 16.6. The zero-order valence-electron chi connectivity index (χ0n) is 14.1.